The van der Waals surface area contributed by atoms with Crippen LogP contribution in [0.15, 0.2) is 29.8 Å². The number of carbonyl (C=O) groups is 1. The highest BCUT2D eigenvalue weighted by Gasteiger charge is 2.24. The van der Waals surface area contributed by atoms with Gasteiger partial charge < -0.3 is 10.6 Å². The van der Waals surface area contributed by atoms with E-state index in [1.54, 1.807) is 23.6 Å². The quantitative estimate of drug-likeness (QED) is 0.910. The Balaban J connectivity index is 1.79. The number of rotatable bonds is 4. The molecule has 5 heteroatoms. The van der Waals surface area contributed by atoms with Gasteiger partial charge in [0.1, 0.15) is 5.82 Å². The number of amides is 1. The fourth-order valence-electron chi connectivity index (χ4n) is 2.77. The summed E-state index contributed by atoms with van der Waals surface area (Å²) in [4.78, 5) is 18.2. The van der Waals surface area contributed by atoms with Crippen molar-refractivity contribution in [3.8, 4) is 0 Å². The summed E-state index contributed by atoms with van der Waals surface area (Å²) >= 11 is 1.79. The van der Waals surface area contributed by atoms with Crippen molar-refractivity contribution in [2.75, 3.05) is 11.9 Å². The molecule has 0 saturated carbocycles. The molecule has 21 heavy (non-hydrogen) atoms. The highest BCUT2D eigenvalue weighted by atomic mass is 32.1. The lowest BCUT2D eigenvalue weighted by atomic mass is 9.94. The van der Waals surface area contributed by atoms with Crippen molar-refractivity contribution in [1.82, 2.24) is 10.3 Å². The van der Waals surface area contributed by atoms with Gasteiger partial charge in [0.2, 0.25) is 0 Å². The molecule has 2 aromatic heterocycles. The van der Waals surface area contributed by atoms with E-state index in [4.69, 9.17) is 0 Å². The first-order valence-electron chi connectivity index (χ1n) is 7.35. The number of fused-ring (bicyclic) bond motifs is 1. The van der Waals surface area contributed by atoms with Gasteiger partial charge in [-0.25, -0.2) is 4.98 Å². The Morgan fingerprint density at radius 3 is 3.24 bits per heavy atom. The average molecular weight is 301 g/mol. The minimum absolute atomic E-state index is 0.0527. The number of nitrogens with zero attached hydrogens (tertiary/aromatic N) is 1. The average Bonchev–Trinajstić information content (AvgIpc) is 2.98. The standard InChI is InChI=1S/C16H19N3OS/c1-2-17-15-12(5-4-9-18-15)16(20)19-13-6-3-7-14-11(13)8-10-21-14/h4-5,8-10,13H,2-3,6-7H2,1H3,(H,17,18)(H,19,20). The molecular weight excluding hydrogens is 282 g/mol. The molecule has 1 aliphatic rings. The van der Waals surface area contributed by atoms with Crippen molar-refractivity contribution in [2.24, 2.45) is 0 Å². The predicted molar refractivity (Wildman–Crippen MR) is 85.9 cm³/mol. The van der Waals surface area contributed by atoms with Crippen LogP contribution in [0.1, 0.15) is 46.6 Å². The van der Waals surface area contributed by atoms with Crippen LogP contribution in [0.4, 0.5) is 5.82 Å². The number of thiophene rings is 1. The minimum atomic E-state index is -0.0527. The van der Waals surface area contributed by atoms with Crippen molar-refractivity contribution in [2.45, 2.75) is 32.2 Å². The van der Waals surface area contributed by atoms with Crippen molar-refractivity contribution >= 4 is 23.1 Å². The maximum absolute atomic E-state index is 12.6. The number of pyridine rings is 1. The number of hydrogen-bond donors (Lipinski definition) is 2. The van der Waals surface area contributed by atoms with E-state index in [1.165, 1.54) is 10.4 Å². The van der Waals surface area contributed by atoms with Crippen molar-refractivity contribution in [1.29, 1.82) is 0 Å². The van der Waals surface area contributed by atoms with E-state index in [0.29, 0.717) is 11.4 Å². The molecule has 3 rings (SSSR count). The summed E-state index contributed by atoms with van der Waals surface area (Å²) in [6.45, 7) is 2.74. The maximum atomic E-state index is 12.6. The van der Waals surface area contributed by atoms with E-state index < -0.39 is 0 Å². The van der Waals surface area contributed by atoms with Gasteiger partial charge in [0.15, 0.2) is 0 Å². The van der Waals surface area contributed by atoms with Crippen LogP contribution in [0, 0.1) is 0 Å². The fraction of sp³-hybridized carbons (Fsp3) is 0.375. The number of carbonyl (C=O) groups excluding carboxylic acids is 1. The highest BCUT2D eigenvalue weighted by Crippen LogP contribution is 2.33. The molecule has 0 saturated heterocycles. The zero-order chi connectivity index (χ0) is 14.7. The molecule has 0 bridgehead atoms. The van der Waals surface area contributed by atoms with Gasteiger partial charge in [0.05, 0.1) is 11.6 Å². The number of hydrogen-bond acceptors (Lipinski definition) is 4. The zero-order valence-electron chi connectivity index (χ0n) is 12.1. The number of aromatic nitrogens is 1. The van der Waals surface area contributed by atoms with Crippen LogP contribution in [0.2, 0.25) is 0 Å². The van der Waals surface area contributed by atoms with Crippen molar-refractivity contribution in [3.63, 3.8) is 0 Å². The van der Waals surface area contributed by atoms with Gasteiger partial charge in [0.25, 0.3) is 5.91 Å². The third kappa shape index (κ3) is 2.93. The summed E-state index contributed by atoms with van der Waals surface area (Å²) < 4.78 is 0. The van der Waals surface area contributed by atoms with E-state index in [2.05, 4.69) is 27.1 Å². The SMILES string of the molecule is CCNc1ncccc1C(=O)NC1CCCc2sccc21. The van der Waals surface area contributed by atoms with Gasteiger partial charge in [-0.2, -0.15) is 0 Å². The summed E-state index contributed by atoms with van der Waals surface area (Å²) in [6.07, 6.45) is 4.97. The molecule has 4 nitrogen and oxygen atoms in total. The second-order valence-electron chi connectivity index (χ2n) is 5.15. The zero-order valence-corrected chi connectivity index (χ0v) is 12.9. The normalized spacial score (nSPS) is 17.1. The van der Waals surface area contributed by atoms with Crippen LogP contribution in [-0.4, -0.2) is 17.4 Å². The molecule has 1 aliphatic carbocycles. The van der Waals surface area contributed by atoms with Gasteiger partial charge >= 0.3 is 0 Å². The summed E-state index contributed by atoms with van der Waals surface area (Å²) in [6, 6.07) is 5.88. The first-order valence-corrected chi connectivity index (χ1v) is 8.23. The van der Waals surface area contributed by atoms with Gasteiger partial charge in [-0.05, 0) is 55.3 Å². The van der Waals surface area contributed by atoms with Crippen LogP contribution >= 0.6 is 11.3 Å². The Labute approximate surface area is 128 Å². The molecular formula is C16H19N3OS. The largest absolute Gasteiger partial charge is 0.370 e. The fourth-order valence-corrected chi connectivity index (χ4v) is 3.76. The van der Waals surface area contributed by atoms with Crippen molar-refractivity contribution in [3.05, 3.63) is 45.8 Å². The molecule has 0 spiro atoms. The molecule has 1 atom stereocenters. The summed E-state index contributed by atoms with van der Waals surface area (Å²) in [5.74, 6) is 0.599. The topological polar surface area (TPSA) is 54.0 Å². The second-order valence-corrected chi connectivity index (χ2v) is 6.15. The Morgan fingerprint density at radius 1 is 1.48 bits per heavy atom. The highest BCUT2D eigenvalue weighted by molar-refractivity contribution is 7.10. The lowest BCUT2D eigenvalue weighted by Gasteiger charge is -2.24. The molecule has 1 amide bonds. The van der Waals surface area contributed by atoms with Gasteiger partial charge in [-0.15, -0.1) is 11.3 Å². The van der Waals surface area contributed by atoms with E-state index in [9.17, 15) is 4.79 Å². The number of anilines is 1. The summed E-state index contributed by atoms with van der Waals surface area (Å²) in [7, 11) is 0. The van der Waals surface area contributed by atoms with E-state index >= 15 is 0 Å². The molecule has 2 N–H and O–H groups in total. The molecule has 1 unspecified atom stereocenters. The maximum Gasteiger partial charge on any atom is 0.255 e. The lowest BCUT2D eigenvalue weighted by molar-refractivity contribution is 0.0933. The molecule has 2 heterocycles. The monoisotopic (exact) mass is 301 g/mol. The number of aryl methyl sites for hydroxylation is 1. The van der Waals surface area contributed by atoms with Crippen LogP contribution in [0.5, 0.6) is 0 Å². The molecule has 0 radical (unpaired) electrons. The van der Waals surface area contributed by atoms with Gasteiger partial charge in [-0.1, -0.05) is 0 Å². The summed E-state index contributed by atoms with van der Waals surface area (Å²) in [5, 5.41) is 8.42. The molecule has 0 aromatic carbocycles. The van der Waals surface area contributed by atoms with Crippen LogP contribution in [-0.2, 0) is 6.42 Å². The minimum Gasteiger partial charge on any atom is -0.370 e. The third-order valence-electron chi connectivity index (χ3n) is 3.75. The van der Waals surface area contributed by atoms with Crippen LogP contribution in [0.3, 0.4) is 0 Å². The Kier molecular flexibility index (Phi) is 4.20. The number of nitrogens with one attached hydrogen (secondary N) is 2. The molecule has 0 aliphatic heterocycles. The van der Waals surface area contributed by atoms with Gasteiger partial charge in [-0.3, -0.25) is 4.79 Å². The van der Waals surface area contributed by atoms with Crippen molar-refractivity contribution < 1.29 is 4.79 Å². The van der Waals surface area contributed by atoms with E-state index in [1.807, 2.05) is 13.0 Å². The Bertz CT molecular complexity index is 638. The van der Waals surface area contributed by atoms with E-state index in [-0.39, 0.29) is 11.9 Å². The Morgan fingerprint density at radius 2 is 2.38 bits per heavy atom. The molecule has 2 aromatic rings. The predicted octanol–water partition coefficient (Wildman–Crippen LogP) is 3.38. The second kappa shape index (κ2) is 6.26. The Hall–Kier alpha value is -1.88. The third-order valence-corrected chi connectivity index (χ3v) is 4.75. The molecule has 0 fully saturated rings. The molecule has 110 valence electrons. The van der Waals surface area contributed by atoms with E-state index in [0.717, 1.165) is 25.8 Å². The summed E-state index contributed by atoms with van der Waals surface area (Å²) in [5.41, 5.74) is 1.90. The first-order chi connectivity index (χ1) is 10.3. The van der Waals surface area contributed by atoms with Gasteiger partial charge in [0, 0.05) is 17.6 Å². The van der Waals surface area contributed by atoms with Crippen LogP contribution in [0.25, 0.3) is 0 Å². The smallest absolute Gasteiger partial charge is 0.255 e. The first kappa shape index (κ1) is 14.1. The lowest BCUT2D eigenvalue weighted by Crippen LogP contribution is -2.31. The van der Waals surface area contributed by atoms with Crippen LogP contribution < -0.4 is 10.6 Å².